The molecule has 112 valence electrons. The second kappa shape index (κ2) is 6.74. The molecule has 1 unspecified atom stereocenters. The van der Waals surface area contributed by atoms with Gasteiger partial charge in [-0.05, 0) is 19.2 Å². The van der Waals surface area contributed by atoms with Gasteiger partial charge in [0.1, 0.15) is 17.5 Å². The van der Waals surface area contributed by atoms with Crippen LogP contribution in [0.25, 0.3) is 0 Å². The van der Waals surface area contributed by atoms with Crippen molar-refractivity contribution in [2.75, 3.05) is 13.6 Å². The van der Waals surface area contributed by atoms with E-state index in [4.69, 9.17) is 5.73 Å². The molecular formula is C16H17F3N2. The lowest BCUT2D eigenvalue weighted by atomic mass is 10.1. The zero-order valence-electron chi connectivity index (χ0n) is 11.7. The fourth-order valence-corrected chi connectivity index (χ4v) is 2.22. The topological polar surface area (TPSA) is 29.3 Å². The van der Waals surface area contributed by atoms with Gasteiger partial charge in [-0.2, -0.15) is 0 Å². The predicted molar refractivity (Wildman–Crippen MR) is 76.0 cm³/mol. The number of hydrogen-bond donors (Lipinski definition) is 1. The lowest BCUT2D eigenvalue weighted by molar-refractivity contribution is 0.298. The number of halogens is 3. The summed E-state index contributed by atoms with van der Waals surface area (Å²) < 4.78 is 40.1. The van der Waals surface area contributed by atoms with Crippen LogP contribution in [0.15, 0.2) is 42.5 Å². The Morgan fingerprint density at radius 3 is 2.43 bits per heavy atom. The van der Waals surface area contributed by atoms with Gasteiger partial charge < -0.3 is 10.6 Å². The average molecular weight is 294 g/mol. The number of hydrogen-bond acceptors (Lipinski definition) is 2. The van der Waals surface area contributed by atoms with Crippen molar-refractivity contribution in [3.8, 4) is 0 Å². The molecule has 0 amide bonds. The largest absolute Gasteiger partial charge is 0.323 e. The summed E-state index contributed by atoms with van der Waals surface area (Å²) in [5, 5.41) is 0. The smallest absolute Gasteiger partial charge is 0.130 e. The summed E-state index contributed by atoms with van der Waals surface area (Å²) in [6.45, 7) is 0.695. The van der Waals surface area contributed by atoms with Gasteiger partial charge in [0, 0.05) is 36.3 Å². The van der Waals surface area contributed by atoms with Crippen molar-refractivity contribution < 1.29 is 13.2 Å². The molecule has 0 spiro atoms. The van der Waals surface area contributed by atoms with Gasteiger partial charge in [0.2, 0.25) is 0 Å². The van der Waals surface area contributed by atoms with Gasteiger partial charge in [0.15, 0.2) is 0 Å². The standard InChI is InChI=1S/C16H17F3N2/c1-21(9-11-4-2-3-5-14(11)18)10-16(20)13-7-6-12(17)8-15(13)19/h2-8,16H,9-10,20H2,1H3. The Bertz CT molecular complexity index is 616. The molecular weight excluding hydrogens is 277 g/mol. The second-order valence-electron chi connectivity index (χ2n) is 5.06. The summed E-state index contributed by atoms with van der Waals surface area (Å²) in [4.78, 5) is 1.80. The van der Waals surface area contributed by atoms with Crippen LogP contribution < -0.4 is 5.73 Å². The number of nitrogens with two attached hydrogens (primary N) is 1. The van der Waals surface area contributed by atoms with Gasteiger partial charge in [-0.25, -0.2) is 13.2 Å². The molecule has 2 nitrogen and oxygen atoms in total. The normalized spacial score (nSPS) is 12.7. The Hall–Kier alpha value is -1.85. The molecule has 1 atom stereocenters. The third-order valence-corrected chi connectivity index (χ3v) is 3.27. The Balaban J connectivity index is 2.02. The van der Waals surface area contributed by atoms with E-state index in [1.165, 1.54) is 18.2 Å². The predicted octanol–water partition coefficient (Wildman–Crippen LogP) is 3.24. The number of nitrogens with zero attached hydrogens (tertiary/aromatic N) is 1. The van der Waals surface area contributed by atoms with Crippen LogP contribution in [0.5, 0.6) is 0 Å². The first-order valence-corrected chi connectivity index (χ1v) is 6.60. The quantitative estimate of drug-likeness (QED) is 0.917. The lowest BCUT2D eigenvalue weighted by Gasteiger charge is -2.22. The Morgan fingerprint density at radius 2 is 1.76 bits per heavy atom. The van der Waals surface area contributed by atoms with Crippen LogP contribution in [-0.4, -0.2) is 18.5 Å². The van der Waals surface area contributed by atoms with E-state index in [0.717, 1.165) is 6.07 Å². The van der Waals surface area contributed by atoms with E-state index < -0.39 is 17.7 Å². The van der Waals surface area contributed by atoms with Crippen LogP contribution in [-0.2, 0) is 6.54 Å². The van der Waals surface area contributed by atoms with Crippen molar-refractivity contribution in [2.45, 2.75) is 12.6 Å². The molecule has 2 aromatic carbocycles. The minimum atomic E-state index is -0.665. The summed E-state index contributed by atoms with van der Waals surface area (Å²) in [5.41, 5.74) is 6.74. The van der Waals surface area contributed by atoms with E-state index in [2.05, 4.69) is 0 Å². The summed E-state index contributed by atoms with van der Waals surface area (Å²) in [7, 11) is 1.77. The van der Waals surface area contributed by atoms with Crippen molar-refractivity contribution in [2.24, 2.45) is 5.73 Å². The Morgan fingerprint density at radius 1 is 1.05 bits per heavy atom. The molecule has 0 aromatic heterocycles. The Kier molecular flexibility index (Phi) is 4.98. The van der Waals surface area contributed by atoms with Crippen molar-refractivity contribution in [3.05, 3.63) is 71.0 Å². The van der Waals surface area contributed by atoms with E-state index in [1.807, 2.05) is 0 Å². The van der Waals surface area contributed by atoms with Crippen LogP contribution in [0.2, 0.25) is 0 Å². The molecule has 0 heterocycles. The highest BCUT2D eigenvalue weighted by Crippen LogP contribution is 2.18. The van der Waals surface area contributed by atoms with E-state index in [-0.39, 0.29) is 11.4 Å². The third kappa shape index (κ3) is 4.06. The van der Waals surface area contributed by atoms with Gasteiger partial charge in [-0.3, -0.25) is 0 Å². The molecule has 21 heavy (non-hydrogen) atoms. The molecule has 2 aromatic rings. The first kappa shape index (κ1) is 15.5. The first-order valence-electron chi connectivity index (χ1n) is 6.60. The SMILES string of the molecule is CN(Cc1ccccc1F)CC(N)c1ccc(F)cc1F. The number of likely N-dealkylation sites (N-methyl/N-ethyl adjacent to an activating group) is 1. The van der Waals surface area contributed by atoms with Crippen LogP contribution in [0.3, 0.4) is 0 Å². The highest BCUT2D eigenvalue weighted by Gasteiger charge is 2.15. The second-order valence-corrected chi connectivity index (χ2v) is 5.06. The van der Waals surface area contributed by atoms with Gasteiger partial charge in [-0.1, -0.05) is 24.3 Å². The maximum atomic E-state index is 13.6. The van der Waals surface area contributed by atoms with Crippen LogP contribution in [0.4, 0.5) is 13.2 Å². The Labute approximate surface area is 122 Å². The summed E-state index contributed by atoms with van der Waals surface area (Å²) in [5.74, 6) is -1.59. The van der Waals surface area contributed by atoms with Crippen molar-refractivity contribution >= 4 is 0 Å². The fourth-order valence-electron chi connectivity index (χ4n) is 2.22. The molecule has 0 aliphatic heterocycles. The summed E-state index contributed by atoms with van der Waals surface area (Å²) in [6.07, 6.45) is 0. The molecule has 5 heteroatoms. The highest BCUT2D eigenvalue weighted by molar-refractivity contribution is 5.22. The van der Waals surface area contributed by atoms with Crippen molar-refractivity contribution in [1.29, 1.82) is 0 Å². The maximum Gasteiger partial charge on any atom is 0.130 e. The van der Waals surface area contributed by atoms with E-state index in [0.29, 0.717) is 18.7 Å². The lowest BCUT2D eigenvalue weighted by Crippen LogP contribution is -2.29. The molecule has 0 aliphatic rings. The zero-order valence-corrected chi connectivity index (χ0v) is 11.7. The first-order chi connectivity index (χ1) is 9.97. The minimum absolute atomic E-state index is 0.247. The van der Waals surface area contributed by atoms with Crippen LogP contribution in [0, 0.1) is 17.5 Å². The molecule has 0 saturated heterocycles. The number of benzene rings is 2. The zero-order chi connectivity index (χ0) is 15.4. The average Bonchev–Trinajstić information content (AvgIpc) is 2.41. The van der Waals surface area contributed by atoms with Crippen LogP contribution in [0.1, 0.15) is 17.2 Å². The maximum absolute atomic E-state index is 13.6. The van der Waals surface area contributed by atoms with Crippen LogP contribution >= 0.6 is 0 Å². The summed E-state index contributed by atoms with van der Waals surface area (Å²) in [6, 6.07) is 9.18. The molecule has 0 radical (unpaired) electrons. The molecule has 0 aliphatic carbocycles. The monoisotopic (exact) mass is 294 g/mol. The number of rotatable bonds is 5. The summed E-state index contributed by atoms with van der Waals surface area (Å²) >= 11 is 0. The molecule has 2 rings (SSSR count). The van der Waals surface area contributed by atoms with Gasteiger partial charge in [0.05, 0.1) is 0 Å². The van der Waals surface area contributed by atoms with Gasteiger partial charge >= 0.3 is 0 Å². The highest BCUT2D eigenvalue weighted by atomic mass is 19.1. The van der Waals surface area contributed by atoms with Crippen molar-refractivity contribution in [3.63, 3.8) is 0 Å². The van der Waals surface area contributed by atoms with E-state index in [9.17, 15) is 13.2 Å². The molecule has 0 bridgehead atoms. The molecule has 0 fully saturated rings. The fraction of sp³-hybridized carbons (Fsp3) is 0.250. The third-order valence-electron chi connectivity index (χ3n) is 3.27. The van der Waals surface area contributed by atoms with Gasteiger partial charge in [0.25, 0.3) is 0 Å². The molecule has 0 saturated carbocycles. The van der Waals surface area contributed by atoms with Crippen molar-refractivity contribution in [1.82, 2.24) is 4.90 Å². The van der Waals surface area contributed by atoms with E-state index in [1.54, 1.807) is 30.1 Å². The molecule has 2 N–H and O–H groups in total. The van der Waals surface area contributed by atoms with Gasteiger partial charge in [-0.15, -0.1) is 0 Å². The van der Waals surface area contributed by atoms with E-state index >= 15 is 0 Å². The minimum Gasteiger partial charge on any atom is -0.323 e.